The zero-order valence-corrected chi connectivity index (χ0v) is 15.5. The van der Waals surface area contributed by atoms with Crippen molar-refractivity contribution in [3.63, 3.8) is 0 Å². The van der Waals surface area contributed by atoms with Crippen LogP contribution in [0.1, 0.15) is 12.6 Å². The van der Waals surface area contributed by atoms with E-state index in [0.717, 1.165) is 0 Å². The average Bonchev–Trinajstić information content (AvgIpc) is 3.26. The largest absolute Gasteiger partial charge is 0.392 e. The molecule has 0 radical (unpaired) electrons. The Morgan fingerprint density at radius 1 is 1.29 bits per heavy atom. The van der Waals surface area contributed by atoms with Crippen molar-refractivity contribution in [2.24, 2.45) is 0 Å². The molecule has 3 heterocycles. The SMILES string of the molecule is CC(O)Cn1cnc(-c2ccc(F)c(Cl)c2)c1-c1ccc2ncc(C#N)n2n1. The van der Waals surface area contributed by atoms with Crippen molar-refractivity contribution >= 4 is 17.2 Å². The van der Waals surface area contributed by atoms with Crippen LogP contribution in [0.3, 0.4) is 0 Å². The molecule has 0 aliphatic carbocycles. The molecule has 4 aromatic rings. The van der Waals surface area contributed by atoms with Crippen molar-refractivity contribution < 1.29 is 9.50 Å². The Balaban J connectivity index is 1.94. The van der Waals surface area contributed by atoms with Gasteiger partial charge in [-0.15, -0.1) is 0 Å². The fourth-order valence-corrected chi connectivity index (χ4v) is 3.18. The molecule has 0 bridgehead atoms. The summed E-state index contributed by atoms with van der Waals surface area (Å²) in [6, 6.07) is 9.89. The molecule has 1 N–H and O–H groups in total. The lowest BCUT2D eigenvalue weighted by Gasteiger charge is -2.12. The van der Waals surface area contributed by atoms with Gasteiger partial charge in [0.1, 0.15) is 17.6 Å². The number of benzene rings is 1. The fraction of sp³-hybridized carbons (Fsp3) is 0.158. The van der Waals surface area contributed by atoms with Gasteiger partial charge < -0.3 is 9.67 Å². The predicted molar refractivity (Wildman–Crippen MR) is 101 cm³/mol. The van der Waals surface area contributed by atoms with Gasteiger partial charge in [-0.25, -0.2) is 18.9 Å². The number of hydrogen-bond donors (Lipinski definition) is 1. The number of halogens is 2. The van der Waals surface area contributed by atoms with Crippen LogP contribution in [0.2, 0.25) is 5.02 Å². The van der Waals surface area contributed by atoms with Gasteiger partial charge in [-0.3, -0.25) is 0 Å². The van der Waals surface area contributed by atoms with E-state index in [2.05, 4.69) is 15.1 Å². The zero-order valence-electron chi connectivity index (χ0n) is 14.7. The zero-order chi connectivity index (χ0) is 19.8. The lowest BCUT2D eigenvalue weighted by atomic mass is 10.1. The Labute approximate surface area is 164 Å². The molecule has 1 unspecified atom stereocenters. The van der Waals surface area contributed by atoms with Crippen LogP contribution in [0.15, 0.2) is 42.9 Å². The van der Waals surface area contributed by atoms with E-state index >= 15 is 0 Å². The third-order valence-corrected chi connectivity index (χ3v) is 4.50. The number of fused-ring (bicyclic) bond motifs is 1. The number of nitrogens with zero attached hydrogens (tertiary/aromatic N) is 6. The third kappa shape index (κ3) is 3.11. The summed E-state index contributed by atoms with van der Waals surface area (Å²) < 4.78 is 16.8. The fourth-order valence-electron chi connectivity index (χ4n) is 3.00. The molecule has 0 fully saturated rings. The standard InChI is InChI=1S/C19H14ClFN6O/c1-11(28)9-26-10-24-18(12-2-3-15(21)14(20)6-12)19(26)16-4-5-17-23-8-13(7-22)27(17)25-16/h2-6,8,10-11,28H,9H2,1H3. The molecule has 0 spiro atoms. The van der Waals surface area contributed by atoms with E-state index in [1.165, 1.54) is 22.8 Å². The molecular formula is C19H14ClFN6O. The molecule has 7 nitrogen and oxygen atoms in total. The normalized spacial score (nSPS) is 12.2. The number of aliphatic hydroxyl groups excluding tert-OH is 1. The van der Waals surface area contributed by atoms with Crippen LogP contribution in [0.5, 0.6) is 0 Å². The van der Waals surface area contributed by atoms with E-state index in [-0.39, 0.29) is 11.6 Å². The summed E-state index contributed by atoms with van der Waals surface area (Å²) in [4.78, 5) is 8.58. The first kappa shape index (κ1) is 18.1. The summed E-state index contributed by atoms with van der Waals surface area (Å²) in [6.07, 6.45) is 2.41. The highest BCUT2D eigenvalue weighted by Crippen LogP contribution is 2.32. The highest BCUT2D eigenvalue weighted by molar-refractivity contribution is 6.31. The second-order valence-electron chi connectivity index (χ2n) is 6.32. The number of imidazole rings is 2. The minimum atomic E-state index is -0.621. The molecular weight excluding hydrogens is 383 g/mol. The Hall–Kier alpha value is -3.28. The van der Waals surface area contributed by atoms with Gasteiger partial charge in [0.2, 0.25) is 0 Å². The predicted octanol–water partition coefficient (Wildman–Crippen LogP) is 3.30. The number of aliphatic hydroxyl groups is 1. The molecule has 4 rings (SSSR count). The van der Waals surface area contributed by atoms with Crippen LogP contribution in [-0.4, -0.2) is 35.4 Å². The van der Waals surface area contributed by atoms with Gasteiger partial charge in [-0.2, -0.15) is 10.4 Å². The van der Waals surface area contributed by atoms with Gasteiger partial charge >= 0.3 is 0 Å². The topological polar surface area (TPSA) is 92.0 Å². The van der Waals surface area contributed by atoms with Crippen LogP contribution in [0.25, 0.3) is 28.3 Å². The van der Waals surface area contributed by atoms with Crippen LogP contribution in [0.4, 0.5) is 4.39 Å². The molecule has 140 valence electrons. The Morgan fingerprint density at radius 3 is 2.82 bits per heavy atom. The van der Waals surface area contributed by atoms with Crippen molar-refractivity contribution in [1.29, 1.82) is 5.26 Å². The Morgan fingerprint density at radius 2 is 2.11 bits per heavy atom. The summed E-state index contributed by atoms with van der Waals surface area (Å²) in [5.41, 5.74) is 3.11. The van der Waals surface area contributed by atoms with E-state index < -0.39 is 11.9 Å². The number of hydrogen-bond acceptors (Lipinski definition) is 5. The van der Waals surface area contributed by atoms with E-state index in [4.69, 9.17) is 11.6 Å². The summed E-state index contributed by atoms with van der Waals surface area (Å²) in [7, 11) is 0. The van der Waals surface area contributed by atoms with Crippen LogP contribution in [-0.2, 0) is 6.54 Å². The molecule has 9 heteroatoms. The minimum Gasteiger partial charge on any atom is -0.392 e. The first-order valence-electron chi connectivity index (χ1n) is 8.42. The van der Waals surface area contributed by atoms with Crippen molar-refractivity contribution in [1.82, 2.24) is 24.1 Å². The Bertz CT molecular complexity index is 1220. The first-order valence-corrected chi connectivity index (χ1v) is 8.79. The van der Waals surface area contributed by atoms with Crippen molar-refractivity contribution in [2.45, 2.75) is 19.6 Å². The molecule has 1 aromatic carbocycles. The second kappa shape index (κ2) is 7.03. The maximum absolute atomic E-state index is 13.6. The van der Waals surface area contributed by atoms with Crippen LogP contribution >= 0.6 is 11.6 Å². The van der Waals surface area contributed by atoms with Crippen molar-refractivity contribution in [3.8, 4) is 28.7 Å². The Kier molecular flexibility index (Phi) is 4.55. The summed E-state index contributed by atoms with van der Waals surface area (Å²) in [6.45, 7) is 1.95. The van der Waals surface area contributed by atoms with Crippen LogP contribution in [0, 0.1) is 17.1 Å². The summed E-state index contributed by atoms with van der Waals surface area (Å²) >= 11 is 5.94. The molecule has 0 saturated heterocycles. The summed E-state index contributed by atoms with van der Waals surface area (Å²) in [5.74, 6) is -0.521. The quantitative estimate of drug-likeness (QED) is 0.571. The minimum absolute atomic E-state index is 0.0155. The highest BCUT2D eigenvalue weighted by Gasteiger charge is 2.19. The molecule has 0 aliphatic rings. The van der Waals surface area contributed by atoms with Gasteiger partial charge in [-0.05, 0) is 37.3 Å². The molecule has 0 saturated carbocycles. The van der Waals surface area contributed by atoms with E-state index in [1.54, 1.807) is 36.0 Å². The van der Waals surface area contributed by atoms with Gasteiger partial charge in [-0.1, -0.05) is 11.6 Å². The molecule has 28 heavy (non-hydrogen) atoms. The maximum Gasteiger partial charge on any atom is 0.162 e. The maximum atomic E-state index is 13.6. The molecule has 0 aliphatic heterocycles. The first-order chi connectivity index (χ1) is 13.5. The highest BCUT2D eigenvalue weighted by atomic mass is 35.5. The van der Waals surface area contributed by atoms with E-state index in [0.29, 0.717) is 34.0 Å². The van der Waals surface area contributed by atoms with E-state index in [1.807, 2.05) is 6.07 Å². The smallest absolute Gasteiger partial charge is 0.162 e. The molecule has 0 amide bonds. The third-order valence-electron chi connectivity index (χ3n) is 4.21. The van der Waals surface area contributed by atoms with Gasteiger partial charge in [0, 0.05) is 12.1 Å². The van der Waals surface area contributed by atoms with Gasteiger partial charge in [0.05, 0.1) is 35.0 Å². The molecule has 3 aromatic heterocycles. The lowest BCUT2D eigenvalue weighted by molar-refractivity contribution is 0.174. The summed E-state index contributed by atoms with van der Waals surface area (Å²) in [5, 5.41) is 23.6. The van der Waals surface area contributed by atoms with E-state index in [9.17, 15) is 14.8 Å². The number of aromatic nitrogens is 5. The van der Waals surface area contributed by atoms with Crippen molar-refractivity contribution in [3.05, 3.63) is 59.4 Å². The van der Waals surface area contributed by atoms with Gasteiger partial charge in [0.25, 0.3) is 0 Å². The average molecular weight is 397 g/mol. The number of nitriles is 1. The lowest BCUT2D eigenvalue weighted by Crippen LogP contribution is -2.12. The monoisotopic (exact) mass is 396 g/mol. The molecule has 1 atom stereocenters. The van der Waals surface area contributed by atoms with Crippen LogP contribution < -0.4 is 0 Å². The second-order valence-corrected chi connectivity index (χ2v) is 6.72. The van der Waals surface area contributed by atoms with Gasteiger partial charge in [0.15, 0.2) is 11.3 Å². The number of rotatable bonds is 4. The van der Waals surface area contributed by atoms with Crippen molar-refractivity contribution in [2.75, 3.05) is 0 Å².